The summed E-state index contributed by atoms with van der Waals surface area (Å²) in [4.78, 5) is 9.40. The Labute approximate surface area is 162 Å². The Balaban J connectivity index is 0.000000817. The predicted molar refractivity (Wildman–Crippen MR) is 116 cm³/mol. The van der Waals surface area contributed by atoms with Crippen LogP contribution in [0.5, 0.6) is 0 Å². The van der Waals surface area contributed by atoms with E-state index in [0.717, 1.165) is 73.0 Å². The number of para-hydroxylation sites is 1. The molecule has 0 fully saturated rings. The number of nitrogens with two attached hydrogens (primary N) is 1. The van der Waals surface area contributed by atoms with Gasteiger partial charge in [0.1, 0.15) is 11.3 Å². The second kappa shape index (κ2) is 10.8. The van der Waals surface area contributed by atoms with Gasteiger partial charge in [0.05, 0.1) is 11.0 Å². The number of aromatic nitrogens is 3. The lowest BCUT2D eigenvalue weighted by molar-refractivity contribution is 0.576. The second-order valence-corrected chi connectivity index (χ2v) is 6.81. The number of nitrogen functional groups attached to an aromatic ring is 1. The molecule has 0 bridgehead atoms. The van der Waals surface area contributed by atoms with Crippen molar-refractivity contribution in [3.05, 3.63) is 30.1 Å². The molecule has 0 saturated carbocycles. The first-order valence-electron chi connectivity index (χ1n) is 9.94. The summed E-state index contributed by atoms with van der Waals surface area (Å²) in [5.74, 6) is 1.68. The first-order chi connectivity index (χ1) is 13.2. The van der Waals surface area contributed by atoms with Crippen molar-refractivity contribution in [2.45, 2.75) is 45.6 Å². The summed E-state index contributed by atoms with van der Waals surface area (Å²) >= 11 is 0. The molecule has 3 rings (SSSR count). The number of fused-ring (bicyclic) bond motifs is 3. The summed E-state index contributed by atoms with van der Waals surface area (Å²) in [6, 6.07) is 8.21. The smallest absolute Gasteiger partial charge is 0.152 e. The highest BCUT2D eigenvalue weighted by Gasteiger charge is 2.16. The number of nitrogens with one attached hydrogen (secondary N) is 2. The monoisotopic (exact) mass is 370 g/mol. The van der Waals surface area contributed by atoms with Crippen LogP contribution >= 0.6 is 0 Å². The Morgan fingerprint density at radius 3 is 2.48 bits per heavy atom. The van der Waals surface area contributed by atoms with Gasteiger partial charge in [-0.15, -0.1) is 0 Å². The average Bonchev–Trinajstić information content (AvgIpc) is 3.04. The number of rotatable bonds is 8. The van der Waals surface area contributed by atoms with E-state index < -0.39 is 0 Å². The molecule has 1 aromatic carbocycles. The SMILES string of the molecule is CCCCc1nc2c(N)nc3ccccc3c2n1CCCCNC.CNC. The van der Waals surface area contributed by atoms with Gasteiger partial charge >= 0.3 is 0 Å². The molecule has 0 atom stereocenters. The van der Waals surface area contributed by atoms with Crippen LogP contribution in [-0.4, -0.2) is 42.2 Å². The molecule has 6 nitrogen and oxygen atoms in total. The molecule has 2 heterocycles. The van der Waals surface area contributed by atoms with Crippen molar-refractivity contribution < 1.29 is 0 Å². The molecule has 6 heteroatoms. The minimum atomic E-state index is 0.537. The molecule has 2 aromatic heterocycles. The number of anilines is 1. The maximum Gasteiger partial charge on any atom is 0.152 e. The fourth-order valence-electron chi connectivity index (χ4n) is 3.24. The van der Waals surface area contributed by atoms with Gasteiger partial charge in [-0.3, -0.25) is 0 Å². The van der Waals surface area contributed by atoms with Crippen molar-refractivity contribution in [1.29, 1.82) is 0 Å². The van der Waals surface area contributed by atoms with Gasteiger partial charge in [-0.05, 0) is 53.0 Å². The van der Waals surface area contributed by atoms with Crippen molar-refractivity contribution >= 4 is 27.8 Å². The van der Waals surface area contributed by atoms with Gasteiger partial charge in [-0.25, -0.2) is 9.97 Å². The second-order valence-electron chi connectivity index (χ2n) is 6.81. The van der Waals surface area contributed by atoms with E-state index in [1.807, 2.05) is 33.3 Å². The topological polar surface area (TPSA) is 80.8 Å². The molecule has 0 unspecified atom stereocenters. The lowest BCUT2D eigenvalue weighted by Gasteiger charge is -2.11. The van der Waals surface area contributed by atoms with Crippen LogP contribution in [0.25, 0.3) is 21.9 Å². The molecular weight excluding hydrogens is 336 g/mol. The van der Waals surface area contributed by atoms with E-state index >= 15 is 0 Å². The van der Waals surface area contributed by atoms with E-state index in [0.29, 0.717) is 5.82 Å². The number of benzene rings is 1. The Morgan fingerprint density at radius 1 is 1.04 bits per heavy atom. The van der Waals surface area contributed by atoms with Crippen LogP contribution in [0.4, 0.5) is 5.82 Å². The van der Waals surface area contributed by atoms with Gasteiger partial charge in [0.15, 0.2) is 5.82 Å². The van der Waals surface area contributed by atoms with Crippen LogP contribution in [-0.2, 0) is 13.0 Å². The zero-order chi connectivity index (χ0) is 19.6. The Bertz CT molecular complexity index is 839. The third-order valence-electron chi connectivity index (χ3n) is 4.50. The van der Waals surface area contributed by atoms with E-state index in [-0.39, 0.29) is 0 Å². The predicted octanol–water partition coefficient (Wildman–Crippen LogP) is 3.34. The Kier molecular flexibility index (Phi) is 8.48. The molecule has 0 spiro atoms. The van der Waals surface area contributed by atoms with Crippen molar-refractivity contribution in [2.24, 2.45) is 0 Å². The van der Waals surface area contributed by atoms with E-state index in [1.165, 1.54) is 0 Å². The zero-order valence-electron chi connectivity index (χ0n) is 17.2. The zero-order valence-corrected chi connectivity index (χ0v) is 17.2. The van der Waals surface area contributed by atoms with Crippen LogP contribution in [0.3, 0.4) is 0 Å². The van der Waals surface area contributed by atoms with E-state index in [2.05, 4.69) is 39.2 Å². The van der Waals surface area contributed by atoms with Gasteiger partial charge in [-0.1, -0.05) is 31.5 Å². The summed E-state index contributed by atoms with van der Waals surface area (Å²) < 4.78 is 2.38. The highest BCUT2D eigenvalue weighted by atomic mass is 15.1. The minimum absolute atomic E-state index is 0.537. The summed E-state index contributed by atoms with van der Waals surface area (Å²) in [5.41, 5.74) is 9.16. The van der Waals surface area contributed by atoms with Crippen LogP contribution in [0.2, 0.25) is 0 Å². The summed E-state index contributed by atoms with van der Waals surface area (Å²) in [6.45, 7) is 4.23. The van der Waals surface area contributed by atoms with Gasteiger partial charge in [0.25, 0.3) is 0 Å². The Hall–Kier alpha value is -2.18. The van der Waals surface area contributed by atoms with Crippen LogP contribution in [0.1, 0.15) is 38.4 Å². The number of pyridine rings is 1. The molecule has 0 aliphatic rings. The summed E-state index contributed by atoms with van der Waals surface area (Å²) in [6.07, 6.45) is 5.58. The van der Waals surface area contributed by atoms with Crippen molar-refractivity contribution in [1.82, 2.24) is 25.2 Å². The molecule has 0 amide bonds. The van der Waals surface area contributed by atoms with Gasteiger partial charge < -0.3 is 20.9 Å². The van der Waals surface area contributed by atoms with Crippen molar-refractivity contribution in [3.8, 4) is 0 Å². The number of unbranched alkanes of at least 4 members (excludes halogenated alkanes) is 2. The normalized spacial score (nSPS) is 11.0. The molecule has 0 saturated heterocycles. The van der Waals surface area contributed by atoms with Crippen molar-refractivity contribution in [2.75, 3.05) is 33.4 Å². The molecule has 0 radical (unpaired) electrons. The first kappa shape index (κ1) is 21.1. The molecule has 0 aliphatic heterocycles. The lowest BCUT2D eigenvalue weighted by Crippen LogP contribution is -2.10. The van der Waals surface area contributed by atoms with E-state index in [9.17, 15) is 0 Å². The third kappa shape index (κ3) is 5.17. The average molecular weight is 371 g/mol. The standard InChI is InChI=1S/C19H27N5.C2H7N/c1-3-4-11-16-23-17-18(24(16)13-8-7-12-21-2)14-9-5-6-10-15(14)22-19(17)20;1-3-2/h5-6,9-10,21H,3-4,7-8,11-13H2,1-2H3,(H2,20,22);3H,1-2H3. The number of imidazole rings is 1. The van der Waals surface area contributed by atoms with E-state index in [1.54, 1.807) is 0 Å². The van der Waals surface area contributed by atoms with Crippen LogP contribution in [0, 0.1) is 0 Å². The first-order valence-corrected chi connectivity index (χ1v) is 9.94. The minimum Gasteiger partial charge on any atom is -0.382 e. The Morgan fingerprint density at radius 2 is 1.78 bits per heavy atom. The molecule has 4 N–H and O–H groups in total. The molecule has 148 valence electrons. The number of hydrogen-bond donors (Lipinski definition) is 3. The molecular formula is C21H34N6. The van der Waals surface area contributed by atoms with Gasteiger partial charge in [0.2, 0.25) is 0 Å². The molecule has 3 aromatic rings. The maximum absolute atomic E-state index is 6.21. The highest BCUT2D eigenvalue weighted by molar-refractivity contribution is 6.06. The van der Waals surface area contributed by atoms with Crippen LogP contribution < -0.4 is 16.4 Å². The fourth-order valence-corrected chi connectivity index (χ4v) is 3.24. The summed E-state index contributed by atoms with van der Waals surface area (Å²) in [5, 5.41) is 7.11. The number of nitrogens with zero attached hydrogens (tertiary/aromatic N) is 3. The third-order valence-corrected chi connectivity index (χ3v) is 4.50. The summed E-state index contributed by atoms with van der Waals surface area (Å²) in [7, 11) is 5.75. The number of aryl methyl sites for hydroxylation is 2. The maximum atomic E-state index is 6.21. The van der Waals surface area contributed by atoms with E-state index in [4.69, 9.17) is 10.7 Å². The van der Waals surface area contributed by atoms with Gasteiger partial charge in [-0.2, -0.15) is 0 Å². The number of hydrogen-bond acceptors (Lipinski definition) is 5. The molecule has 0 aliphatic carbocycles. The van der Waals surface area contributed by atoms with Crippen LogP contribution in [0.15, 0.2) is 24.3 Å². The lowest BCUT2D eigenvalue weighted by atomic mass is 10.2. The van der Waals surface area contributed by atoms with Gasteiger partial charge in [0, 0.05) is 18.4 Å². The molecule has 27 heavy (non-hydrogen) atoms. The van der Waals surface area contributed by atoms with Crippen molar-refractivity contribution in [3.63, 3.8) is 0 Å². The quantitative estimate of drug-likeness (QED) is 0.530. The fraction of sp³-hybridized carbons (Fsp3) is 0.524. The highest BCUT2D eigenvalue weighted by Crippen LogP contribution is 2.29. The largest absolute Gasteiger partial charge is 0.382 e.